The first kappa shape index (κ1) is 79.8. The van der Waals surface area contributed by atoms with Crippen molar-refractivity contribution in [3.63, 3.8) is 0 Å². The molecule has 0 saturated heterocycles. The van der Waals surface area contributed by atoms with Crippen LogP contribution in [0.25, 0.3) is 121 Å². The summed E-state index contributed by atoms with van der Waals surface area (Å²) in [6.45, 7) is 11.5. The number of likely N-dealkylation sites (N-methyl/N-ethyl adjacent to an activating group) is 1. The molecule has 6 aromatic carbocycles. The number of phenols is 3. The Morgan fingerprint density at radius 1 is 0.463 bits per heavy atom. The third-order valence-electron chi connectivity index (χ3n) is 24.6. The maximum atomic E-state index is 13.5. The highest BCUT2D eigenvalue weighted by atomic mass is 16.3. The molecule has 28 nitrogen and oxygen atoms in total. The van der Waals surface area contributed by atoms with Crippen LogP contribution in [0.15, 0.2) is 140 Å². The van der Waals surface area contributed by atoms with Gasteiger partial charge >= 0.3 is 0 Å². The summed E-state index contributed by atoms with van der Waals surface area (Å²) in [5.41, 5.74) is 40.3. The molecule has 123 heavy (non-hydrogen) atoms. The first-order valence-corrected chi connectivity index (χ1v) is 42.5. The number of phenolic OH excluding ortho intramolecular Hbond substituents is 3. The van der Waals surface area contributed by atoms with Crippen molar-refractivity contribution in [1.82, 2.24) is 96.1 Å². The van der Waals surface area contributed by atoms with Crippen molar-refractivity contribution in [3.05, 3.63) is 224 Å². The van der Waals surface area contributed by atoms with Crippen LogP contribution in [-0.4, -0.2) is 148 Å². The quantitative estimate of drug-likeness (QED) is 0.0450. The summed E-state index contributed by atoms with van der Waals surface area (Å²) in [6.07, 6.45) is 30.0. The minimum absolute atomic E-state index is 0.0259. The number of nitrogen functional groups attached to an aromatic ring is 1. The number of Topliss-reactive ketones (excluding diaryl/α,β-unsaturated/α-hetero) is 1. The Morgan fingerprint density at radius 3 is 1.54 bits per heavy atom. The Bertz CT molecular complexity index is 6880. The number of amides is 1. The topological polar surface area (TPSA) is 422 Å². The van der Waals surface area contributed by atoms with Crippen LogP contribution >= 0.6 is 0 Å². The van der Waals surface area contributed by atoms with E-state index >= 15 is 0 Å². The number of hydrogen-bond donors (Lipinski definition) is 13. The molecule has 4 aliphatic rings. The molecule has 0 atom stereocenters. The van der Waals surface area contributed by atoms with Crippen molar-refractivity contribution >= 4 is 117 Å². The molecule has 0 aliphatic heterocycles. The van der Waals surface area contributed by atoms with Gasteiger partial charge < -0.3 is 41.4 Å². The maximum absolute atomic E-state index is 13.5. The minimum atomic E-state index is -0.179. The number of carbonyl (C=O) groups excluding carboxylic acids is 2. The smallest absolute Gasteiger partial charge is 0.274 e. The van der Waals surface area contributed by atoms with Crippen molar-refractivity contribution in [3.8, 4) is 51.0 Å². The van der Waals surface area contributed by atoms with Crippen LogP contribution in [0.3, 0.4) is 0 Å². The van der Waals surface area contributed by atoms with Gasteiger partial charge in [-0.1, -0.05) is 13.3 Å². The molecule has 622 valence electrons. The van der Waals surface area contributed by atoms with E-state index in [1.54, 1.807) is 61.2 Å². The van der Waals surface area contributed by atoms with E-state index in [-0.39, 0.29) is 42.0 Å². The van der Waals surface area contributed by atoms with E-state index in [1.165, 1.54) is 70.2 Å². The van der Waals surface area contributed by atoms with Crippen LogP contribution in [0.2, 0.25) is 0 Å². The molecule has 12 heterocycles. The summed E-state index contributed by atoms with van der Waals surface area (Å²) >= 11 is 0. The number of fused-ring (bicyclic) bond motifs is 19. The second kappa shape index (κ2) is 34.4. The predicted octanol–water partition coefficient (Wildman–Crippen LogP) is 17.3. The number of aliphatic hydroxyl groups is 1. The molecule has 28 heteroatoms. The van der Waals surface area contributed by atoms with Crippen LogP contribution < -0.4 is 16.0 Å². The lowest BCUT2D eigenvalue weighted by atomic mass is 9.85. The molecule has 0 radical (unpaired) electrons. The zero-order chi connectivity index (χ0) is 84.5. The normalized spacial score (nSPS) is 13.5. The zero-order valence-electron chi connectivity index (χ0n) is 69.3. The third kappa shape index (κ3) is 15.6. The van der Waals surface area contributed by atoms with Gasteiger partial charge in [0.15, 0.2) is 5.78 Å². The van der Waals surface area contributed by atoms with Gasteiger partial charge in [-0.3, -0.25) is 40.2 Å². The number of benzene rings is 6. The molecule has 0 fully saturated rings. The van der Waals surface area contributed by atoms with Crippen molar-refractivity contribution in [2.24, 2.45) is 0 Å². The summed E-state index contributed by atoms with van der Waals surface area (Å²) in [4.78, 5) is 60.2. The van der Waals surface area contributed by atoms with E-state index in [0.29, 0.717) is 29.6 Å². The molecule has 22 rings (SSSR count). The number of aryl methyl sites for hydroxylation is 7. The number of nitrogens with zero attached hydrogens (tertiary/aromatic N) is 13. The number of ketones is 1. The molecule has 14 N–H and O–H groups in total. The highest BCUT2D eigenvalue weighted by molar-refractivity contribution is 6.15. The van der Waals surface area contributed by atoms with Crippen molar-refractivity contribution in [2.45, 2.75) is 157 Å². The van der Waals surface area contributed by atoms with E-state index in [2.05, 4.69) is 107 Å². The molecule has 18 aromatic rings. The fourth-order valence-electron chi connectivity index (χ4n) is 18.5. The van der Waals surface area contributed by atoms with E-state index in [4.69, 9.17) is 25.7 Å². The molecule has 1 amide bonds. The zero-order valence-corrected chi connectivity index (χ0v) is 69.3. The Labute approximate surface area is 706 Å². The van der Waals surface area contributed by atoms with Gasteiger partial charge in [0.25, 0.3) is 5.91 Å². The average molecular weight is 1640 g/mol. The van der Waals surface area contributed by atoms with Gasteiger partial charge in [-0.05, 0) is 301 Å². The number of aromatic amines is 7. The van der Waals surface area contributed by atoms with Crippen LogP contribution in [0, 0.1) is 20.8 Å². The lowest BCUT2D eigenvalue weighted by Gasteiger charge is -2.26. The van der Waals surface area contributed by atoms with Crippen LogP contribution in [-0.2, 0) is 64.2 Å². The highest BCUT2D eigenvalue weighted by Gasteiger charge is 2.30. The van der Waals surface area contributed by atoms with Gasteiger partial charge in [0.2, 0.25) is 5.95 Å². The van der Waals surface area contributed by atoms with Gasteiger partial charge in [-0.15, -0.1) is 0 Å². The molecule has 0 saturated carbocycles. The number of pyridine rings is 5. The fraction of sp³-hybridized carbons (Fsp3) is 0.284. The fourth-order valence-corrected chi connectivity index (χ4v) is 18.5. The number of H-pyrrole nitrogens is 7. The van der Waals surface area contributed by atoms with E-state index < -0.39 is 0 Å². The monoisotopic (exact) mass is 1640 g/mol. The molecular formula is C95H96N22O6. The molecular weight excluding hydrogens is 1550 g/mol. The highest BCUT2D eigenvalue weighted by Crippen LogP contribution is 2.43. The van der Waals surface area contributed by atoms with E-state index in [1.807, 2.05) is 93.0 Å². The average Bonchev–Trinajstić information content (AvgIpc) is 1.46. The number of hydrogen-bond acceptors (Lipinski definition) is 20. The van der Waals surface area contributed by atoms with Crippen molar-refractivity contribution in [2.75, 3.05) is 35.6 Å². The Morgan fingerprint density at radius 2 is 0.976 bits per heavy atom. The van der Waals surface area contributed by atoms with E-state index in [9.17, 15) is 30.0 Å². The summed E-state index contributed by atoms with van der Waals surface area (Å²) < 4.78 is 0. The number of carbonyl (C=O) groups is 2. The maximum Gasteiger partial charge on any atom is 0.274 e. The van der Waals surface area contributed by atoms with Gasteiger partial charge in [0, 0.05) is 80.0 Å². The lowest BCUT2D eigenvalue weighted by Crippen LogP contribution is -2.27. The second-order valence-electron chi connectivity index (χ2n) is 32.2. The van der Waals surface area contributed by atoms with Crippen LogP contribution in [0.1, 0.15) is 165 Å². The number of aromatic hydroxyl groups is 3. The molecule has 0 unspecified atom stereocenters. The molecule has 0 bridgehead atoms. The Kier molecular flexibility index (Phi) is 22.4. The molecule has 0 spiro atoms. The number of aliphatic hydroxyl groups excluding tert-OH is 1. The largest absolute Gasteiger partial charge is 0.508 e. The first-order chi connectivity index (χ1) is 60.1. The first-order valence-electron chi connectivity index (χ1n) is 42.5. The molecule has 4 aliphatic carbocycles. The van der Waals surface area contributed by atoms with Gasteiger partial charge in [0.05, 0.1) is 111 Å². The van der Waals surface area contributed by atoms with Gasteiger partial charge in [-0.2, -0.15) is 30.6 Å². The lowest BCUT2D eigenvalue weighted by molar-refractivity contribution is 0.0985. The number of anilines is 3. The summed E-state index contributed by atoms with van der Waals surface area (Å²) in [5, 5.41) is 89.3. The molecule has 12 aromatic heterocycles. The third-order valence-corrected chi connectivity index (χ3v) is 24.6. The number of imidazole rings is 1. The minimum Gasteiger partial charge on any atom is -0.508 e. The van der Waals surface area contributed by atoms with Crippen LogP contribution in [0.5, 0.6) is 17.2 Å². The summed E-state index contributed by atoms with van der Waals surface area (Å²) in [7, 11) is 0. The summed E-state index contributed by atoms with van der Waals surface area (Å²) in [6, 6.07) is 31.8. The predicted molar refractivity (Wildman–Crippen MR) is 481 cm³/mol. The number of rotatable bonds is 14. The van der Waals surface area contributed by atoms with Crippen molar-refractivity contribution < 1.29 is 30.0 Å². The van der Waals surface area contributed by atoms with E-state index in [0.717, 1.165) is 252 Å². The summed E-state index contributed by atoms with van der Waals surface area (Å²) in [5.74, 6) is 0.989. The van der Waals surface area contributed by atoms with Gasteiger partial charge in [-0.25, -0.2) is 29.9 Å². The van der Waals surface area contributed by atoms with Gasteiger partial charge in [0.1, 0.15) is 45.2 Å². The standard InChI is InChI=1S/C24H28N6O2.C20H20N4O.C19H18N6O.2C16H15N3O/c1-3-30(8-9-31)20-11-19-18(13-26-29-19)22-16-6-4-5-7-17(16)23(27-24(20)22)21(32)10-15-12-25-28-14(15)2;1-3-4-14-11(2)17-15(9-10-16-19(17)24-20(21)23-16)22-18(14)12-5-7-13(25)8-6-12;1-10-16(9-21-24-10)23-19(26)18-12-5-3-2-4-11(12)17-13-8-20-25-14(13)6-7-15(17)22-18;2*20-11-7-5-10(6-8-11)15-12-3-1-2-4-13(12)16-14(18-15)9-17-19-16/h11-13,31H,3-10H2,1-2H3,(H,25,28)(H,26,29);5-10,22,25H,3-4H2,1-2H3,(H2,21,23);6-9H,2-5H2,1H3,(H,20,25)(H,21,24)(H,23,26);2*5-9,20H,1-4H2,(H,17,19). The van der Waals surface area contributed by atoms with Crippen molar-refractivity contribution in [1.29, 1.82) is 0 Å². The number of nitrogens with one attached hydrogen (secondary N) is 8. The Balaban J connectivity index is 0.000000106. The van der Waals surface area contributed by atoms with Crippen LogP contribution in [0.4, 0.5) is 17.3 Å². The number of nitrogens with two attached hydrogens (primary N) is 1. The number of aromatic nitrogens is 19. The second-order valence-corrected chi connectivity index (χ2v) is 32.2. The SMILES string of the molecule is CCCc1c(-c2ccc(O)cc2)[nH]c2ccc3nc(N)nc3c2c1C.CCN(CCO)c1cc2[nH]ncc2c2c3c(c(C(=O)Cc4cn[nH]c4C)nc12)CCCC3.Cc1[nH]ncc1NC(=O)c1nc2ccc3[nH]ncc3c2c2c1CCCC2.Oc1ccc(-c2nc3cn[nH]c3c3c2CCCC3)cc1.Oc1ccc(-c2nc3cn[nH]c3c3c2CCCC3)cc1. The Hall–Kier alpha value is -14.3.